The van der Waals surface area contributed by atoms with E-state index in [1.807, 2.05) is 0 Å². The van der Waals surface area contributed by atoms with Gasteiger partial charge in [-0.25, -0.2) is 0 Å². The van der Waals surface area contributed by atoms with Crippen LogP contribution in [-0.2, 0) is 40.8 Å². The molecule has 0 heterocycles. The molecule has 0 aliphatic carbocycles. The Morgan fingerprint density at radius 3 is 1.21 bits per heavy atom. The Labute approximate surface area is 175 Å². The topological polar surface area (TPSA) is 107 Å². The van der Waals surface area contributed by atoms with Gasteiger partial charge in [0.05, 0.1) is 45.8 Å². The molecule has 0 aromatic rings. The van der Waals surface area contributed by atoms with E-state index >= 15 is 0 Å². The van der Waals surface area contributed by atoms with Gasteiger partial charge in [-0.05, 0) is 41.5 Å². The summed E-state index contributed by atoms with van der Waals surface area (Å²) in [7, 11) is -12.5. The number of rotatable bonds is 17. The van der Waals surface area contributed by atoms with Gasteiger partial charge in [-0.3, -0.25) is 13.7 Å². The molecule has 0 saturated heterocycles. The predicted octanol–water partition coefficient (Wildman–Crippen LogP) is 5.50. The summed E-state index contributed by atoms with van der Waals surface area (Å²) in [5.41, 5.74) is 0. The van der Waals surface area contributed by atoms with Gasteiger partial charge in [0.25, 0.3) is 0 Å². The standard InChI is InChI=1S/C17H35O9P3/c1-8-15-17(28(19,23-11-4)24-12-5,29(20,25-13-6)26-14-7)16-27(18,21-9-2)22-10-3/h1H,9-16H2,2-7H3. The molecule has 0 saturated carbocycles. The molecule has 12 heteroatoms. The van der Waals surface area contributed by atoms with Crippen molar-refractivity contribution in [3.63, 3.8) is 0 Å². The van der Waals surface area contributed by atoms with E-state index in [0.29, 0.717) is 0 Å². The van der Waals surface area contributed by atoms with Crippen molar-refractivity contribution in [3.8, 4) is 12.3 Å². The molecule has 0 aliphatic rings. The summed E-state index contributed by atoms with van der Waals surface area (Å²) < 4.78 is 74.2. The molecule has 0 fully saturated rings. The van der Waals surface area contributed by atoms with Crippen LogP contribution in [-0.4, -0.2) is 50.7 Å². The SMILES string of the molecule is C#CCC(CP(=O)(OCC)OCC)(P(=O)(OCC)OCC)P(=O)(OCC)OCC. The monoisotopic (exact) mass is 476 g/mol. The molecule has 0 spiro atoms. The minimum Gasteiger partial charge on any atom is -0.309 e. The van der Waals surface area contributed by atoms with Crippen LogP contribution in [0.4, 0.5) is 0 Å². The maximum atomic E-state index is 14.0. The normalized spacial score (nSPS) is 13.4. The maximum absolute atomic E-state index is 14.0. The Bertz CT molecular complexity index is 599. The Balaban J connectivity index is 7.02. The minimum atomic E-state index is -4.29. The fourth-order valence-corrected chi connectivity index (χ4v) is 11.9. The lowest BCUT2D eigenvalue weighted by Crippen LogP contribution is -2.37. The summed E-state index contributed by atoms with van der Waals surface area (Å²) in [6.45, 7) is 9.62. The van der Waals surface area contributed by atoms with Crippen molar-refractivity contribution in [2.75, 3.05) is 45.8 Å². The summed E-state index contributed by atoms with van der Waals surface area (Å²) >= 11 is 0. The fraction of sp³-hybridized carbons (Fsp3) is 0.882. The number of hydrogen-bond donors (Lipinski definition) is 0. The summed E-state index contributed by atoms with van der Waals surface area (Å²) in [4.78, 5) is -2.08. The highest BCUT2D eigenvalue weighted by molar-refractivity contribution is 7.75. The average molecular weight is 476 g/mol. The smallest absolute Gasteiger partial charge is 0.309 e. The highest BCUT2D eigenvalue weighted by Gasteiger charge is 2.67. The molecule has 0 rings (SSSR count). The lowest BCUT2D eigenvalue weighted by Gasteiger charge is -2.42. The highest BCUT2D eigenvalue weighted by atomic mass is 31.2. The van der Waals surface area contributed by atoms with Gasteiger partial charge in [-0.1, -0.05) is 0 Å². The quantitative estimate of drug-likeness (QED) is 0.199. The Hall–Kier alpha value is 0.01000. The third-order valence-electron chi connectivity index (χ3n) is 3.70. The van der Waals surface area contributed by atoms with Crippen LogP contribution < -0.4 is 0 Å². The summed E-state index contributed by atoms with van der Waals surface area (Å²) in [5, 5.41) is 0. The van der Waals surface area contributed by atoms with Gasteiger partial charge >= 0.3 is 22.8 Å². The second-order valence-corrected chi connectivity index (χ2v) is 12.8. The molecule has 0 aliphatic heterocycles. The van der Waals surface area contributed by atoms with Gasteiger partial charge in [0.1, 0.15) is 0 Å². The van der Waals surface area contributed by atoms with Gasteiger partial charge in [-0.2, -0.15) is 0 Å². The maximum Gasteiger partial charge on any atom is 0.350 e. The van der Waals surface area contributed by atoms with Gasteiger partial charge in [-0.15, -0.1) is 12.3 Å². The largest absolute Gasteiger partial charge is 0.350 e. The van der Waals surface area contributed by atoms with Crippen molar-refractivity contribution in [2.24, 2.45) is 0 Å². The predicted molar refractivity (Wildman–Crippen MR) is 114 cm³/mol. The van der Waals surface area contributed by atoms with E-state index in [0.717, 1.165) is 0 Å². The molecule has 0 amide bonds. The Kier molecular flexibility index (Phi) is 13.4. The zero-order valence-corrected chi connectivity index (χ0v) is 20.9. The van der Waals surface area contributed by atoms with Crippen LogP contribution in [0.2, 0.25) is 0 Å². The second-order valence-electron chi connectivity index (χ2n) is 5.63. The van der Waals surface area contributed by atoms with Crippen molar-refractivity contribution >= 4 is 22.8 Å². The van der Waals surface area contributed by atoms with Crippen LogP contribution in [0.3, 0.4) is 0 Å². The fourth-order valence-electron chi connectivity index (χ4n) is 2.80. The van der Waals surface area contributed by atoms with E-state index in [-0.39, 0.29) is 39.6 Å². The van der Waals surface area contributed by atoms with Crippen molar-refractivity contribution in [1.29, 1.82) is 0 Å². The molecule has 0 radical (unpaired) electrons. The molecule has 172 valence electrons. The first kappa shape index (κ1) is 29.0. The highest BCUT2D eigenvalue weighted by Crippen LogP contribution is 2.81. The van der Waals surface area contributed by atoms with Gasteiger partial charge in [0.15, 0.2) is 4.90 Å². The van der Waals surface area contributed by atoms with E-state index in [4.69, 9.17) is 33.6 Å². The summed E-state index contributed by atoms with van der Waals surface area (Å²) in [6, 6.07) is 0. The average Bonchev–Trinajstić information content (AvgIpc) is 2.62. The van der Waals surface area contributed by atoms with E-state index < -0.39 is 40.3 Å². The van der Waals surface area contributed by atoms with Crippen LogP contribution >= 0.6 is 22.8 Å². The molecule has 0 N–H and O–H groups in total. The lowest BCUT2D eigenvalue weighted by molar-refractivity contribution is 0.173. The molecule has 0 aromatic carbocycles. The Morgan fingerprint density at radius 2 is 0.966 bits per heavy atom. The first-order valence-corrected chi connectivity index (χ1v) is 14.5. The van der Waals surface area contributed by atoms with E-state index in [2.05, 4.69) is 5.92 Å². The molecular formula is C17H35O9P3. The minimum absolute atomic E-state index is 0.0323. The number of hydrogen-bond acceptors (Lipinski definition) is 9. The lowest BCUT2D eigenvalue weighted by atomic mass is 10.3. The van der Waals surface area contributed by atoms with Crippen LogP contribution in [0, 0.1) is 12.3 Å². The number of terminal acetylenes is 1. The Morgan fingerprint density at radius 1 is 0.655 bits per heavy atom. The molecule has 9 nitrogen and oxygen atoms in total. The summed E-state index contributed by atoms with van der Waals surface area (Å²) in [5.74, 6) is 2.36. The molecule has 0 unspecified atom stereocenters. The van der Waals surface area contributed by atoms with Crippen molar-refractivity contribution in [3.05, 3.63) is 0 Å². The second kappa shape index (κ2) is 13.4. The van der Waals surface area contributed by atoms with Crippen LogP contribution in [0.1, 0.15) is 48.0 Å². The third-order valence-corrected chi connectivity index (χ3v) is 13.0. The van der Waals surface area contributed by atoms with Crippen molar-refractivity contribution < 1.29 is 40.8 Å². The third kappa shape index (κ3) is 7.01. The van der Waals surface area contributed by atoms with Crippen LogP contribution in [0.25, 0.3) is 0 Å². The molecular weight excluding hydrogens is 441 g/mol. The molecule has 0 bridgehead atoms. The molecule has 29 heavy (non-hydrogen) atoms. The van der Waals surface area contributed by atoms with Gasteiger partial charge in [0.2, 0.25) is 0 Å². The molecule has 0 atom stereocenters. The zero-order chi connectivity index (χ0) is 22.6. The van der Waals surface area contributed by atoms with Crippen molar-refractivity contribution in [1.82, 2.24) is 0 Å². The van der Waals surface area contributed by atoms with E-state index in [1.165, 1.54) is 0 Å². The summed E-state index contributed by atoms with van der Waals surface area (Å²) in [6.07, 6.45) is 4.55. The van der Waals surface area contributed by atoms with E-state index in [9.17, 15) is 13.7 Å². The first-order chi connectivity index (χ1) is 13.6. The zero-order valence-electron chi connectivity index (χ0n) is 18.3. The van der Waals surface area contributed by atoms with Gasteiger partial charge < -0.3 is 27.1 Å². The van der Waals surface area contributed by atoms with E-state index in [1.54, 1.807) is 41.5 Å². The van der Waals surface area contributed by atoms with Crippen LogP contribution in [0.15, 0.2) is 0 Å². The van der Waals surface area contributed by atoms with Crippen LogP contribution in [0.5, 0.6) is 0 Å². The first-order valence-electron chi connectivity index (χ1n) is 9.73. The van der Waals surface area contributed by atoms with Gasteiger partial charge in [0, 0.05) is 6.42 Å². The molecule has 0 aromatic heterocycles. The van der Waals surface area contributed by atoms with Crippen molar-refractivity contribution in [2.45, 2.75) is 52.9 Å².